The molecule has 2 atom stereocenters. The van der Waals surface area contributed by atoms with Crippen LogP contribution >= 0.6 is 0 Å². The van der Waals surface area contributed by atoms with Crippen LogP contribution in [0.15, 0.2) is 48.8 Å². The number of anilines is 1. The van der Waals surface area contributed by atoms with Gasteiger partial charge in [-0.3, -0.25) is 19.5 Å². The van der Waals surface area contributed by atoms with Crippen LogP contribution in [0.3, 0.4) is 0 Å². The number of para-hydroxylation sites is 1. The van der Waals surface area contributed by atoms with Crippen molar-refractivity contribution < 1.29 is 9.59 Å². The van der Waals surface area contributed by atoms with E-state index in [2.05, 4.69) is 29.8 Å². The Balaban J connectivity index is 1.71. The van der Waals surface area contributed by atoms with Gasteiger partial charge in [-0.05, 0) is 61.4 Å². The molecule has 1 aromatic carbocycles. The molecule has 0 spiro atoms. The normalized spacial score (nSPS) is 21.1. The first-order chi connectivity index (χ1) is 17.5. The van der Waals surface area contributed by atoms with Crippen LogP contribution in [0.4, 0.5) is 5.69 Å². The van der Waals surface area contributed by atoms with E-state index >= 15 is 0 Å². The highest BCUT2D eigenvalue weighted by molar-refractivity contribution is 5.94. The molecule has 1 aromatic heterocycles. The van der Waals surface area contributed by atoms with Crippen molar-refractivity contribution in [2.45, 2.75) is 84.3 Å². The highest BCUT2D eigenvalue weighted by atomic mass is 16.2. The number of pyridine rings is 1. The molecule has 0 radical (unpaired) electrons. The van der Waals surface area contributed by atoms with Crippen molar-refractivity contribution in [2.24, 2.45) is 5.92 Å². The summed E-state index contributed by atoms with van der Waals surface area (Å²) in [5, 5.41) is 0. The van der Waals surface area contributed by atoms with Crippen LogP contribution in [0.5, 0.6) is 0 Å². The highest BCUT2D eigenvalue weighted by Crippen LogP contribution is 2.31. The van der Waals surface area contributed by atoms with Gasteiger partial charge in [0, 0.05) is 56.2 Å². The zero-order valence-electron chi connectivity index (χ0n) is 22.2. The van der Waals surface area contributed by atoms with Gasteiger partial charge in [0.25, 0.3) is 0 Å². The monoisotopic (exact) mass is 490 g/mol. The van der Waals surface area contributed by atoms with Crippen LogP contribution in [0, 0.1) is 5.92 Å². The second-order valence-electron chi connectivity index (χ2n) is 10.8. The van der Waals surface area contributed by atoms with E-state index in [0.29, 0.717) is 37.4 Å². The van der Waals surface area contributed by atoms with Crippen LogP contribution in [0.1, 0.15) is 70.4 Å². The average molecular weight is 491 g/mol. The van der Waals surface area contributed by atoms with Crippen molar-refractivity contribution >= 4 is 17.5 Å². The number of fused-ring (bicyclic) bond motifs is 3. The summed E-state index contributed by atoms with van der Waals surface area (Å²) in [7, 11) is 0. The van der Waals surface area contributed by atoms with Gasteiger partial charge in [0.15, 0.2) is 0 Å². The Bertz CT molecular complexity index is 1010. The molecule has 1 fully saturated rings. The number of aromatic nitrogens is 1. The number of carbonyl (C=O) groups excluding carboxylic acids is 2. The van der Waals surface area contributed by atoms with Crippen molar-refractivity contribution in [2.75, 3.05) is 24.5 Å². The van der Waals surface area contributed by atoms with Crippen LogP contribution in [0.25, 0.3) is 0 Å². The number of hydrogen-bond acceptors (Lipinski definition) is 4. The molecule has 0 aliphatic carbocycles. The van der Waals surface area contributed by atoms with Crippen LogP contribution in [-0.2, 0) is 22.6 Å². The second-order valence-corrected chi connectivity index (χ2v) is 10.8. The lowest BCUT2D eigenvalue weighted by atomic mass is 9.92. The largest absolute Gasteiger partial charge is 0.336 e. The van der Waals surface area contributed by atoms with E-state index in [4.69, 9.17) is 0 Å². The first kappa shape index (κ1) is 26.3. The first-order valence-corrected chi connectivity index (χ1v) is 13.8. The van der Waals surface area contributed by atoms with Crippen molar-refractivity contribution in [3.8, 4) is 0 Å². The summed E-state index contributed by atoms with van der Waals surface area (Å²) in [4.78, 5) is 37.8. The van der Waals surface area contributed by atoms with Gasteiger partial charge in [0.05, 0.1) is 6.42 Å². The van der Waals surface area contributed by atoms with Crippen molar-refractivity contribution in [3.63, 3.8) is 0 Å². The smallest absolute Gasteiger partial charge is 0.227 e. The number of benzene rings is 1. The molecule has 0 N–H and O–H groups in total. The molecule has 2 aliphatic rings. The maximum absolute atomic E-state index is 13.7. The quantitative estimate of drug-likeness (QED) is 0.567. The summed E-state index contributed by atoms with van der Waals surface area (Å²) in [6.07, 6.45) is 9.91. The third-order valence-corrected chi connectivity index (χ3v) is 7.77. The number of rotatable bonds is 6. The lowest BCUT2D eigenvalue weighted by Gasteiger charge is -2.44. The van der Waals surface area contributed by atoms with Gasteiger partial charge in [-0.15, -0.1) is 0 Å². The Hall–Kier alpha value is -2.73. The maximum atomic E-state index is 13.7. The van der Waals surface area contributed by atoms with Gasteiger partial charge in [-0.2, -0.15) is 0 Å². The second kappa shape index (κ2) is 12.5. The fourth-order valence-electron chi connectivity index (χ4n) is 5.76. The van der Waals surface area contributed by atoms with E-state index in [0.717, 1.165) is 62.1 Å². The van der Waals surface area contributed by atoms with E-state index < -0.39 is 0 Å². The SMILES string of the molecule is CCC(=O)N1CCC2CCCC(CN(C(=O)Cc3cccnc3)Cc3ccccc31)N2CCC(C)C. The van der Waals surface area contributed by atoms with Gasteiger partial charge >= 0.3 is 0 Å². The third kappa shape index (κ3) is 6.52. The highest BCUT2D eigenvalue weighted by Gasteiger charge is 2.34. The van der Waals surface area contributed by atoms with Crippen LogP contribution in [-0.4, -0.2) is 58.3 Å². The van der Waals surface area contributed by atoms with Gasteiger partial charge in [-0.25, -0.2) is 0 Å². The first-order valence-electron chi connectivity index (χ1n) is 13.8. The van der Waals surface area contributed by atoms with E-state index in [9.17, 15) is 9.59 Å². The maximum Gasteiger partial charge on any atom is 0.227 e. The number of hydrogen-bond donors (Lipinski definition) is 0. The summed E-state index contributed by atoms with van der Waals surface area (Å²) in [6, 6.07) is 12.8. The Morgan fingerprint density at radius 2 is 1.83 bits per heavy atom. The minimum absolute atomic E-state index is 0.122. The lowest BCUT2D eigenvalue weighted by molar-refractivity contribution is -0.132. The standard InChI is InChI=1S/C30H42N4O2/c1-4-29(35)34-18-15-26-11-7-12-27(33(26)17-14-23(2)3)22-32(21-25-10-5-6-13-28(25)34)30(36)19-24-9-8-16-31-20-24/h5-6,8-10,13,16,20,23,26-27H,4,7,11-12,14-15,17-19,21-22H2,1-3H3. The molecule has 0 saturated carbocycles. The van der Waals surface area contributed by atoms with Gasteiger partial charge in [0.1, 0.15) is 0 Å². The minimum Gasteiger partial charge on any atom is -0.336 e. The molecule has 6 nitrogen and oxygen atoms in total. The topological polar surface area (TPSA) is 56.8 Å². The summed E-state index contributed by atoms with van der Waals surface area (Å²) in [5.41, 5.74) is 2.93. The summed E-state index contributed by atoms with van der Waals surface area (Å²) in [5.74, 6) is 0.905. The Kier molecular flexibility index (Phi) is 9.13. The number of amides is 2. The average Bonchev–Trinajstić information content (AvgIpc) is 2.89. The summed E-state index contributed by atoms with van der Waals surface area (Å²) >= 11 is 0. The molecule has 4 rings (SSSR count). The predicted octanol–water partition coefficient (Wildman–Crippen LogP) is 5.07. The fraction of sp³-hybridized carbons (Fsp3) is 0.567. The Morgan fingerprint density at radius 1 is 1.03 bits per heavy atom. The molecule has 2 bridgehead atoms. The van der Waals surface area contributed by atoms with Gasteiger partial charge < -0.3 is 9.80 Å². The molecular weight excluding hydrogens is 448 g/mol. The molecule has 36 heavy (non-hydrogen) atoms. The molecule has 1 saturated heterocycles. The van der Waals surface area contributed by atoms with Crippen LogP contribution < -0.4 is 4.90 Å². The molecule has 2 unspecified atom stereocenters. The predicted molar refractivity (Wildman–Crippen MR) is 145 cm³/mol. The lowest BCUT2D eigenvalue weighted by Crippen LogP contribution is -2.53. The molecule has 3 heterocycles. The number of carbonyl (C=O) groups is 2. The third-order valence-electron chi connectivity index (χ3n) is 7.77. The number of piperidine rings is 1. The zero-order chi connectivity index (χ0) is 25.5. The minimum atomic E-state index is 0.122. The van der Waals surface area contributed by atoms with Crippen molar-refractivity contribution in [3.05, 3.63) is 59.9 Å². The molecule has 6 heteroatoms. The molecule has 2 aliphatic heterocycles. The summed E-state index contributed by atoms with van der Waals surface area (Å²) < 4.78 is 0. The number of nitrogens with zero attached hydrogens (tertiary/aromatic N) is 4. The molecule has 2 aromatic rings. The van der Waals surface area contributed by atoms with E-state index in [1.165, 1.54) is 6.42 Å². The van der Waals surface area contributed by atoms with Gasteiger partial charge in [0.2, 0.25) is 11.8 Å². The van der Waals surface area contributed by atoms with E-state index in [1.807, 2.05) is 47.1 Å². The van der Waals surface area contributed by atoms with E-state index in [-0.39, 0.29) is 11.8 Å². The fourth-order valence-corrected chi connectivity index (χ4v) is 5.76. The van der Waals surface area contributed by atoms with Crippen molar-refractivity contribution in [1.82, 2.24) is 14.8 Å². The molecular formula is C30H42N4O2. The Morgan fingerprint density at radius 3 is 2.58 bits per heavy atom. The van der Waals surface area contributed by atoms with Gasteiger partial charge in [-0.1, -0.05) is 51.5 Å². The van der Waals surface area contributed by atoms with Crippen LogP contribution in [0.2, 0.25) is 0 Å². The summed E-state index contributed by atoms with van der Waals surface area (Å²) in [6.45, 7) is 9.51. The van der Waals surface area contributed by atoms with E-state index in [1.54, 1.807) is 12.4 Å². The molecule has 2 amide bonds. The molecule has 194 valence electrons. The van der Waals surface area contributed by atoms with Crippen molar-refractivity contribution in [1.29, 1.82) is 0 Å². The zero-order valence-corrected chi connectivity index (χ0v) is 22.2. The Labute approximate surface area is 216 Å².